The van der Waals surface area contributed by atoms with Gasteiger partial charge in [0, 0.05) is 25.4 Å². The van der Waals surface area contributed by atoms with Gasteiger partial charge < -0.3 is 10.2 Å². The molecule has 0 aliphatic heterocycles. The Bertz CT molecular complexity index is 382. The highest BCUT2D eigenvalue weighted by atomic mass is 32.2. The molecule has 6 heteroatoms. The van der Waals surface area contributed by atoms with Crippen molar-refractivity contribution < 1.29 is 0 Å². The Labute approximate surface area is 127 Å². The number of anilines is 2. The molecule has 0 aliphatic rings. The van der Waals surface area contributed by atoms with E-state index in [-0.39, 0.29) is 0 Å². The number of nitrogens with zero attached hydrogens (tertiary/aromatic N) is 4. The molecule has 0 radical (unpaired) electrons. The first-order chi connectivity index (χ1) is 9.74. The van der Waals surface area contributed by atoms with Gasteiger partial charge in [-0.2, -0.15) is 15.0 Å². The number of nitrogens with one attached hydrogen (secondary N) is 1. The number of aromatic nitrogens is 3. The van der Waals surface area contributed by atoms with E-state index in [1.54, 1.807) is 11.8 Å². The van der Waals surface area contributed by atoms with Crippen LogP contribution >= 0.6 is 11.8 Å². The van der Waals surface area contributed by atoms with Gasteiger partial charge in [-0.15, -0.1) is 0 Å². The molecule has 0 saturated carbocycles. The second kappa shape index (κ2) is 9.80. The lowest BCUT2D eigenvalue weighted by atomic mass is 10.4. The van der Waals surface area contributed by atoms with Crippen molar-refractivity contribution in [3.63, 3.8) is 0 Å². The monoisotopic (exact) mass is 297 g/mol. The SMILES string of the molecule is CCCCSc1nc(NCCC)nc(N(CC)CC)n1. The Balaban J connectivity index is 2.88. The van der Waals surface area contributed by atoms with Crippen LogP contribution in [0.2, 0.25) is 0 Å². The Morgan fingerprint density at radius 1 is 1.00 bits per heavy atom. The number of unbranched alkanes of at least 4 members (excludes halogenated alkanes) is 1. The van der Waals surface area contributed by atoms with E-state index in [2.05, 4.69) is 52.9 Å². The summed E-state index contributed by atoms with van der Waals surface area (Å²) in [7, 11) is 0. The van der Waals surface area contributed by atoms with Crippen molar-refractivity contribution in [2.45, 2.75) is 52.1 Å². The van der Waals surface area contributed by atoms with Gasteiger partial charge in [-0.1, -0.05) is 32.0 Å². The predicted molar refractivity (Wildman–Crippen MR) is 87.8 cm³/mol. The molecule has 5 nitrogen and oxygen atoms in total. The lowest BCUT2D eigenvalue weighted by Crippen LogP contribution is -2.25. The van der Waals surface area contributed by atoms with Crippen LogP contribution in [0.4, 0.5) is 11.9 Å². The maximum Gasteiger partial charge on any atom is 0.231 e. The molecule has 0 spiro atoms. The van der Waals surface area contributed by atoms with Gasteiger partial charge in [-0.25, -0.2) is 0 Å². The average molecular weight is 297 g/mol. The van der Waals surface area contributed by atoms with Crippen molar-refractivity contribution in [3.8, 4) is 0 Å². The van der Waals surface area contributed by atoms with Crippen LogP contribution in [-0.2, 0) is 0 Å². The summed E-state index contributed by atoms with van der Waals surface area (Å²) < 4.78 is 0. The molecule has 0 aliphatic carbocycles. The summed E-state index contributed by atoms with van der Waals surface area (Å²) in [6, 6.07) is 0. The highest BCUT2D eigenvalue weighted by Gasteiger charge is 2.11. The lowest BCUT2D eigenvalue weighted by molar-refractivity contribution is 0.779. The molecule has 1 aromatic rings. The van der Waals surface area contributed by atoms with Gasteiger partial charge in [0.25, 0.3) is 0 Å². The Kier molecular flexibility index (Phi) is 8.34. The van der Waals surface area contributed by atoms with E-state index < -0.39 is 0 Å². The van der Waals surface area contributed by atoms with Gasteiger partial charge in [-0.3, -0.25) is 0 Å². The molecule has 0 unspecified atom stereocenters. The zero-order chi connectivity index (χ0) is 14.8. The van der Waals surface area contributed by atoms with Crippen LogP contribution in [0.3, 0.4) is 0 Å². The topological polar surface area (TPSA) is 53.9 Å². The van der Waals surface area contributed by atoms with E-state index in [9.17, 15) is 0 Å². The fraction of sp³-hybridized carbons (Fsp3) is 0.786. The largest absolute Gasteiger partial charge is 0.354 e. The number of hydrogen-bond donors (Lipinski definition) is 1. The first kappa shape index (κ1) is 17.0. The van der Waals surface area contributed by atoms with Crippen LogP contribution in [-0.4, -0.2) is 40.3 Å². The van der Waals surface area contributed by atoms with Crippen LogP contribution in [0.25, 0.3) is 0 Å². The quantitative estimate of drug-likeness (QED) is 0.527. The molecule has 0 saturated heterocycles. The molecule has 1 N–H and O–H groups in total. The fourth-order valence-electron chi connectivity index (χ4n) is 1.68. The average Bonchev–Trinajstić information content (AvgIpc) is 2.47. The Morgan fingerprint density at radius 3 is 2.35 bits per heavy atom. The van der Waals surface area contributed by atoms with Gasteiger partial charge in [-0.05, 0) is 26.7 Å². The van der Waals surface area contributed by atoms with Gasteiger partial charge in [0.1, 0.15) is 0 Å². The van der Waals surface area contributed by atoms with E-state index in [1.165, 1.54) is 12.8 Å². The van der Waals surface area contributed by atoms with E-state index >= 15 is 0 Å². The van der Waals surface area contributed by atoms with Crippen LogP contribution in [0.15, 0.2) is 5.16 Å². The first-order valence-electron chi connectivity index (χ1n) is 7.62. The zero-order valence-corrected chi connectivity index (χ0v) is 14.0. The van der Waals surface area contributed by atoms with Crippen molar-refractivity contribution in [2.75, 3.05) is 35.6 Å². The van der Waals surface area contributed by atoms with Crippen LogP contribution < -0.4 is 10.2 Å². The van der Waals surface area contributed by atoms with Crippen molar-refractivity contribution in [3.05, 3.63) is 0 Å². The summed E-state index contributed by atoms with van der Waals surface area (Å²) in [5, 5.41) is 4.09. The summed E-state index contributed by atoms with van der Waals surface area (Å²) >= 11 is 1.72. The molecular formula is C14H27N5S. The molecule has 0 atom stereocenters. The fourth-order valence-corrected chi connectivity index (χ4v) is 2.59. The summed E-state index contributed by atoms with van der Waals surface area (Å²) in [6.07, 6.45) is 3.45. The van der Waals surface area contributed by atoms with Crippen molar-refractivity contribution in [1.29, 1.82) is 0 Å². The molecule has 1 rings (SSSR count). The highest BCUT2D eigenvalue weighted by molar-refractivity contribution is 7.99. The molecule has 1 heterocycles. The highest BCUT2D eigenvalue weighted by Crippen LogP contribution is 2.19. The number of rotatable bonds is 10. The van der Waals surface area contributed by atoms with E-state index in [1.807, 2.05) is 0 Å². The number of hydrogen-bond acceptors (Lipinski definition) is 6. The molecule has 0 fully saturated rings. The summed E-state index contributed by atoms with van der Waals surface area (Å²) in [4.78, 5) is 15.8. The van der Waals surface area contributed by atoms with Crippen LogP contribution in [0, 0.1) is 0 Å². The maximum absolute atomic E-state index is 4.58. The molecule has 0 bridgehead atoms. The Hall–Kier alpha value is -1.04. The third kappa shape index (κ3) is 5.53. The minimum Gasteiger partial charge on any atom is -0.354 e. The molecule has 114 valence electrons. The van der Waals surface area contributed by atoms with E-state index in [0.717, 1.165) is 42.9 Å². The van der Waals surface area contributed by atoms with Crippen LogP contribution in [0.1, 0.15) is 47.0 Å². The van der Waals surface area contributed by atoms with Gasteiger partial charge in [0.05, 0.1) is 0 Å². The van der Waals surface area contributed by atoms with E-state index in [4.69, 9.17) is 0 Å². The number of thioether (sulfide) groups is 1. The van der Waals surface area contributed by atoms with E-state index in [0.29, 0.717) is 5.95 Å². The standard InChI is InChI=1S/C14H27N5S/c1-5-9-11-20-14-17-12(15-10-6-2)16-13(18-14)19(7-3)8-4/h5-11H2,1-4H3,(H,15,16,17,18). The minimum absolute atomic E-state index is 0.697. The third-order valence-corrected chi connectivity index (χ3v) is 3.85. The first-order valence-corrected chi connectivity index (χ1v) is 8.61. The summed E-state index contributed by atoms with van der Waals surface area (Å²) in [6.45, 7) is 11.3. The zero-order valence-electron chi connectivity index (χ0n) is 13.1. The Morgan fingerprint density at radius 2 is 1.75 bits per heavy atom. The normalized spacial score (nSPS) is 10.6. The van der Waals surface area contributed by atoms with Gasteiger partial charge in [0.15, 0.2) is 5.16 Å². The van der Waals surface area contributed by atoms with Crippen molar-refractivity contribution in [2.24, 2.45) is 0 Å². The molecule has 1 aromatic heterocycles. The van der Waals surface area contributed by atoms with Crippen LogP contribution in [0.5, 0.6) is 0 Å². The second-order valence-corrected chi connectivity index (χ2v) is 5.60. The molecule has 20 heavy (non-hydrogen) atoms. The molecule has 0 aromatic carbocycles. The van der Waals surface area contributed by atoms with Gasteiger partial charge >= 0.3 is 0 Å². The molecular weight excluding hydrogens is 270 g/mol. The van der Waals surface area contributed by atoms with Crippen molar-refractivity contribution in [1.82, 2.24) is 15.0 Å². The van der Waals surface area contributed by atoms with Gasteiger partial charge in [0.2, 0.25) is 11.9 Å². The minimum atomic E-state index is 0.697. The second-order valence-electron chi connectivity index (χ2n) is 4.54. The summed E-state index contributed by atoms with van der Waals surface area (Å²) in [5.74, 6) is 2.54. The maximum atomic E-state index is 4.58. The van der Waals surface area contributed by atoms with Crippen molar-refractivity contribution >= 4 is 23.7 Å². The predicted octanol–water partition coefficient (Wildman–Crippen LogP) is 3.43. The smallest absolute Gasteiger partial charge is 0.231 e. The summed E-state index contributed by atoms with van der Waals surface area (Å²) in [5.41, 5.74) is 0. The molecule has 0 amide bonds. The third-order valence-electron chi connectivity index (χ3n) is 2.91. The lowest BCUT2D eigenvalue weighted by Gasteiger charge is -2.19.